The number of hydrogen-bond acceptors (Lipinski definition) is 7. The molecule has 0 radical (unpaired) electrons. The number of aromatic nitrogens is 4. The standard InChI is InChI=1S/C20H22N4O4S/c1-6-13(19(26)27)29-17-14-16(23(4)20(28)24(5)18(14)25)21-15(22-17)12-8-10(2)7-11(3)9-12/h7-9,13H,6H2,1-5H3,(H,26,27)/p-1/t13-/m1/s1. The molecule has 0 N–H and O–H groups in total. The molecular weight excluding hydrogens is 392 g/mol. The maximum absolute atomic E-state index is 12.8. The highest BCUT2D eigenvalue weighted by atomic mass is 32.2. The van der Waals surface area contributed by atoms with E-state index in [0.29, 0.717) is 12.2 Å². The van der Waals surface area contributed by atoms with Crippen molar-refractivity contribution in [2.24, 2.45) is 14.1 Å². The van der Waals surface area contributed by atoms with E-state index in [4.69, 9.17) is 0 Å². The first kappa shape index (κ1) is 20.8. The van der Waals surface area contributed by atoms with Crippen molar-refractivity contribution in [2.45, 2.75) is 37.5 Å². The quantitative estimate of drug-likeness (QED) is 0.452. The van der Waals surface area contributed by atoms with Crippen molar-refractivity contribution in [1.82, 2.24) is 19.1 Å². The number of carboxylic acids is 1. The molecule has 152 valence electrons. The molecular formula is C20H21N4O4S-. The van der Waals surface area contributed by atoms with Crippen LogP contribution in [0.15, 0.2) is 32.8 Å². The molecule has 0 aliphatic heterocycles. The van der Waals surface area contributed by atoms with Crippen molar-refractivity contribution in [3.8, 4) is 11.4 Å². The molecule has 0 bridgehead atoms. The highest BCUT2D eigenvalue weighted by Crippen LogP contribution is 2.30. The second-order valence-electron chi connectivity index (χ2n) is 6.97. The zero-order valence-corrected chi connectivity index (χ0v) is 17.7. The lowest BCUT2D eigenvalue weighted by Gasteiger charge is -2.17. The molecule has 0 aliphatic rings. The minimum atomic E-state index is -1.24. The lowest BCUT2D eigenvalue weighted by molar-refractivity contribution is -0.304. The van der Waals surface area contributed by atoms with Crippen LogP contribution in [0.25, 0.3) is 22.4 Å². The van der Waals surface area contributed by atoms with Crippen LogP contribution in [0.3, 0.4) is 0 Å². The Bertz CT molecular complexity index is 1230. The molecule has 1 aromatic carbocycles. The molecule has 29 heavy (non-hydrogen) atoms. The smallest absolute Gasteiger partial charge is 0.332 e. The highest BCUT2D eigenvalue weighted by Gasteiger charge is 2.21. The molecule has 0 spiro atoms. The molecule has 2 aromatic heterocycles. The number of rotatable bonds is 5. The van der Waals surface area contributed by atoms with Crippen LogP contribution in [0.5, 0.6) is 0 Å². The number of fused-ring (bicyclic) bond motifs is 1. The van der Waals surface area contributed by atoms with Gasteiger partial charge in [0.2, 0.25) is 0 Å². The van der Waals surface area contributed by atoms with Gasteiger partial charge in [-0.05, 0) is 32.4 Å². The van der Waals surface area contributed by atoms with Crippen molar-refractivity contribution in [1.29, 1.82) is 0 Å². The summed E-state index contributed by atoms with van der Waals surface area (Å²) in [6.07, 6.45) is 0.295. The first-order chi connectivity index (χ1) is 13.6. The van der Waals surface area contributed by atoms with Gasteiger partial charge >= 0.3 is 5.69 Å². The van der Waals surface area contributed by atoms with Gasteiger partial charge in [-0.25, -0.2) is 14.8 Å². The molecule has 0 saturated heterocycles. The third kappa shape index (κ3) is 3.82. The van der Waals surface area contributed by atoms with Crippen LogP contribution in [-0.4, -0.2) is 30.3 Å². The summed E-state index contributed by atoms with van der Waals surface area (Å²) in [4.78, 5) is 45.7. The minimum absolute atomic E-state index is 0.118. The Balaban J connectivity index is 2.40. The number of thioether (sulfide) groups is 1. The van der Waals surface area contributed by atoms with Gasteiger partial charge in [-0.3, -0.25) is 13.9 Å². The third-order valence-corrected chi connectivity index (χ3v) is 5.96. The van der Waals surface area contributed by atoms with E-state index in [1.54, 1.807) is 6.92 Å². The van der Waals surface area contributed by atoms with Gasteiger partial charge in [0.15, 0.2) is 11.5 Å². The van der Waals surface area contributed by atoms with Gasteiger partial charge in [-0.15, -0.1) is 0 Å². The maximum atomic E-state index is 12.8. The number of carboxylic acid groups (broad SMARTS) is 1. The second kappa shape index (κ2) is 7.82. The van der Waals surface area contributed by atoms with Gasteiger partial charge in [0.05, 0.1) is 11.2 Å². The largest absolute Gasteiger partial charge is 0.549 e. The van der Waals surface area contributed by atoms with Crippen LogP contribution < -0.4 is 16.4 Å². The summed E-state index contributed by atoms with van der Waals surface area (Å²) in [6, 6.07) is 5.81. The van der Waals surface area contributed by atoms with Crippen molar-refractivity contribution < 1.29 is 9.90 Å². The van der Waals surface area contributed by atoms with E-state index in [-0.39, 0.29) is 16.1 Å². The molecule has 0 aliphatic carbocycles. The number of aryl methyl sites for hydroxylation is 3. The normalized spacial score (nSPS) is 12.3. The average molecular weight is 413 g/mol. The van der Waals surface area contributed by atoms with Crippen LogP contribution in [0.4, 0.5) is 0 Å². The van der Waals surface area contributed by atoms with E-state index in [2.05, 4.69) is 9.97 Å². The van der Waals surface area contributed by atoms with Crippen molar-refractivity contribution in [2.75, 3.05) is 0 Å². The van der Waals surface area contributed by atoms with Gasteiger partial charge in [0.1, 0.15) is 10.4 Å². The fraction of sp³-hybridized carbons (Fsp3) is 0.350. The van der Waals surface area contributed by atoms with Crippen molar-refractivity contribution in [3.63, 3.8) is 0 Å². The van der Waals surface area contributed by atoms with E-state index in [9.17, 15) is 19.5 Å². The summed E-state index contributed by atoms with van der Waals surface area (Å²) < 4.78 is 2.24. The van der Waals surface area contributed by atoms with E-state index in [1.165, 1.54) is 18.7 Å². The Hall–Kier alpha value is -2.94. The number of carbonyl (C=O) groups excluding carboxylic acids is 1. The molecule has 0 saturated carbocycles. The van der Waals surface area contributed by atoms with Gasteiger partial charge in [-0.2, -0.15) is 0 Å². The Morgan fingerprint density at radius 2 is 1.72 bits per heavy atom. The molecule has 3 aromatic rings. The molecule has 0 amide bonds. The zero-order valence-electron chi connectivity index (χ0n) is 16.8. The summed E-state index contributed by atoms with van der Waals surface area (Å²) >= 11 is 0.939. The predicted octanol–water partition coefficient (Wildman–Crippen LogP) is 0.932. The second-order valence-corrected chi connectivity index (χ2v) is 8.16. The summed E-state index contributed by atoms with van der Waals surface area (Å²) in [5.41, 5.74) is 1.83. The number of aliphatic carboxylic acids is 1. The lowest BCUT2D eigenvalue weighted by Crippen LogP contribution is -2.38. The Morgan fingerprint density at radius 1 is 1.10 bits per heavy atom. The summed E-state index contributed by atoms with van der Waals surface area (Å²) in [6.45, 7) is 5.61. The van der Waals surface area contributed by atoms with Crippen LogP contribution in [-0.2, 0) is 18.9 Å². The van der Waals surface area contributed by atoms with E-state index in [1.807, 2.05) is 32.0 Å². The van der Waals surface area contributed by atoms with Crippen LogP contribution in [0, 0.1) is 13.8 Å². The molecule has 0 fully saturated rings. The van der Waals surface area contributed by atoms with Gasteiger partial charge in [0.25, 0.3) is 5.56 Å². The lowest BCUT2D eigenvalue weighted by atomic mass is 10.1. The first-order valence-electron chi connectivity index (χ1n) is 9.08. The van der Waals surface area contributed by atoms with E-state index in [0.717, 1.165) is 33.0 Å². The number of hydrogen-bond donors (Lipinski definition) is 0. The number of carbonyl (C=O) groups is 1. The first-order valence-corrected chi connectivity index (χ1v) is 9.96. The Kier molecular flexibility index (Phi) is 5.61. The summed E-state index contributed by atoms with van der Waals surface area (Å²) in [7, 11) is 2.89. The maximum Gasteiger partial charge on any atom is 0.332 e. The fourth-order valence-electron chi connectivity index (χ4n) is 3.18. The average Bonchev–Trinajstić information content (AvgIpc) is 2.67. The van der Waals surface area contributed by atoms with Gasteiger partial charge in [-0.1, -0.05) is 35.9 Å². The molecule has 1 atom stereocenters. The van der Waals surface area contributed by atoms with Crippen molar-refractivity contribution >= 4 is 28.8 Å². The molecule has 9 heteroatoms. The zero-order chi connectivity index (χ0) is 21.5. The highest BCUT2D eigenvalue weighted by molar-refractivity contribution is 8.00. The van der Waals surface area contributed by atoms with Crippen LogP contribution in [0.1, 0.15) is 24.5 Å². The van der Waals surface area contributed by atoms with Crippen LogP contribution >= 0.6 is 11.8 Å². The van der Waals surface area contributed by atoms with Gasteiger partial charge < -0.3 is 9.90 Å². The predicted molar refractivity (Wildman–Crippen MR) is 110 cm³/mol. The minimum Gasteiger partial charge on any atom is -0.549 e. The van der Waals surface area contributed by atoms with E-state index >= 15 is 0 Å². The van der Waals surface area contributed by atoms with Gasteiger partial charge in [0, 0.05) is 19.7 Å². The Labute approximate surface area is 171 Å². The topological polar surface area (TPSA) is 110 Å². The fourth-order valence-corrected chi connectivity index (χ4v) is 4.15. The molecule has 3 rings (SSSR count). The molecule has 2 heterocycles. The number of nitrogens with zero attached hydrogens (tertiary/aromatic N) is 4. The third-order valence-electron chi connectivity index (χ3n) is 4.63. The number of benzene rings is 1. The summed E-state index contributed by atoms with van der Waals surface area (Å²) in [5, 5.41) is 10.9. The Morgan fingerprint density at radius 3 is 2.28 bits per heavy atom. The molecule has 0 unspecified atom stereocenters. The van der Waals surface area contributed by atoms with Crippen molar-refractivity contribution in [3.05, 3.63) is 50.2 Å². The molecule has 8 nitrogen and oxygen atoms in total. The van der Waals surface area contributed by atoms with Crippen LogP contribution in [0.2, 0.25) is 0 Å². The van der Waals surface area contributed by atoms with E-state index < -0.39 is 22.5 Å². The summed E-state index contributed by atoms with van der Waals surface area (Å²) in [5.74, 6) is -0.915. The monoisotopic (exact) mass is 413 g/mol. The SMILES string of the molecule is CC[C@@H](Sc1nc(-c2cc(C)cc(C)c2)nc2c1c(=O)n(C)c(=O)n2C)C(=O)[O-].